The van der Waals surface area contributed by atoms with Crippen molar-refractivity contribution >= 4 is 40.1 Å². The minimum absolute atomic E-state index is 0.0160. The van der Waals surface area contributed by atoms with Gasteiger partial charge in [-0.25, -0.2) is 4.39 Å². The van der Waals surface area contributed by atoms with Gasteiger partial charge >= 0.3 is 0 Å². The van der Waals surface area contributed by atoms with Crippen molar-refractivity contribution in [2.45, 2.75) is 37.5 Å². The largest absolute Gasteiger partial charge is 0.491 e. The Bertz CT molecular complexity index is 1110. The van der Waals surface area contributed by atoms with Crippen molar-refractivity contribution < 1.29 is 23.4 Å². The molecule has 6 nitrogen and oxygen atoms in total. The minimum Gasteiger partial charge on any atom is -0.491 e. The van der Waals surface area contributed by atoms with Gasteiger partial charge < -0.3 is 24.9 Å². The first-order valence-electron chi connectivity index (χ1n) is 10.4. The number of carbonyl (C=O) groups is 1. The Morgan fingerprint density at radius 1 is 1.19 bits per heavy atom. The number of fused-ring (bicyclic) bond motifs is 1. The van der Waals surface area contributed by atoms with Crippen LogP contribution in [0.25, 0.3) is 11.0 Å². The molecule has 1 fully saturated rings. The summed E-state index contributed by atoms with van der Waals surface area (Å²) in [5, 5.41) is 17.8. The molecule has 3 atom stereocenters. The van der Waals surface area contributed by atoms with Crippen LogP contribution in [0.3, 0.4) is 0 Å². The molecule has 0 saturated heterocycles. The number of hydrogen-bond donors (Lipinski definition) is 3. The summed E-state index contributed by atoms with van der Waals surface area (Å²) < 4.78 is 24.5. The maximum Gasteiger partial charge on any atom is 0.287 e. The minimum atomic E-state index is -0.759. The number of amides is 1. The molecule has 32 heavy (non-hydrogen) atoms. The zero-order chi connectivity index (χ0) is 22.7. The van der Waals surface area contributed by atoms with Crippen LogP contribution in [0.2, 0.25) is 10.0 Å². The van der Waals surface area contributed by atoms with Gasteiger partial charge in [-0.15, -0.1) is 0 Å². The van der Waals surface area contributed by atoms with Crippen LogP contribution in [0.4, 0.5) is 4.39 Å². The Labute approximate surface area is 194 Å². The third kappa shape index (κ3) is 5.72. The topological polar surface area (TPSA) is 83.7 Å². The molecule has 3 N–H and O–H groups in total. The molecule has 170 valence electrons. The molecule has 1 aliphatic rings. The van der Waals surface area contributed by atoms with Gasteiger partial charge in [-0.2, -0.15) is 0 Å². The fourth-order valence-corrected chi connectivity index (χ4v) is 4.10. The molecule has 1 unspecified atom stereocenters. The molecule has 1 aromatic heterocycles. The monoisotopic (exact) mass is 480 g/mol. The Balaban J connectivity index is 1.20. The number of rotatable bonds is 8. The molecule has 1 saturated carbocycles. The number of ether oxygens (including phenoxy) is 1. The number of hydrogen-bond acceptors (Lipinski definition) is 5. The number of furan rings is 1. The number of benzene rings is 2. The van der Waals surface area contributed by atoms with Crippen LogP contribution in [-0.2, 0) is 0 Å². The van der Waals surface area contributed by atoms with E-state index < -0.39 is 11.9 Å². The Hall–Kier alpha value is -2.32. The SMILES string of the molecule is O=C(NC1CC[C@H](NC[C@H](O)COc2ccc(Cl)c(F)c2)C1)c1cc2cc(Cl)ccc2o1. The first-order valence-corrected chi connectivity index (χ1v) is 11.1. The van der Waals surface area contributed by atoms with Crippen molar-refractivity contribution in [3.8, 4) is 5.75 Å². The molecule has 3 aromatic rings. The summed E-state index contributed by atoms with van der Waals surface area (Å²) in [6, 6.07) is 11.2. The lowest BCUT2D eigenvalue weighted by Crippen LogP contribution is -2.39. The van der Waals surface area contributed by atoms with Crippen LogP contribution >= 0.6 is 23.2 Å². The van der Waals surface area contributed by atoms with Crippen LogP contribution in [0.5, 0.6) is 5.75 Å². The molecular weight excluding hydrogens is 458 g/mol. The summed E-state index contributed by atoms with van der Waals surface area (Å²) in [5.41, 5.74) is 0.614. The second-order valence-corrected chi connectivity index (χ2v) is 8.77. The van der Waals surface area contributed by atoms with E-state index in [2.05, 4.69) is 10.6 Å². The number of halogens is 3. The van der Waals surface area contributed by atoms with Crippen LogP contribution in [-0.4, -0.2) is 42.4 Å². The summed E-state index contributed by atoms with van der Waals surface area (Å²) in [5.74, 6) is -0.263. The summed E-state index contributed by atoms with van der Waals surface area (Å²) in [4.78, 5) is 12.5. The second-order valence-electron chi connectivity index (χ2n) is 7.92. The highest BCUT2D eigenvalue weighted by Gasteiger charge is 2.27. The normalized spacial score (nSPS) is 19.2. The fourth-order valence-electron chi connectivity index (χ4n) is 3.80. The van der Waals surface area contributed by atoms with E-state index in [9.17, 15) is 14.3 Å². The van der Waals surface area contributed by atoms with E-state index in [0.717, 1.165) is 24.6 Å². The van der Waals surface area contributed by atoms with Gasteiger partial charge in [0.05, 0.1) is 5.02 Å². The van der Waals surface area contributed by atoms with E-state index in [-0.39, 0.29) is 35.4 Å². The zero-order valence-corrected chi connectivity index (χ0v) is 18.6. The molecule has 1 aliphatic carbocycles. The Morgan fingerprint density at radius 3 is 2.81 bits per heavy atom. The average Bonchev–Trinajstić information content (AvgIpc) is 3.39. The molecular formula is C23H23Cl2FN2O4. The van der Waals surface area contributed by atoms with Crippen LogP contribution in [0.15, 0.2) is 46.9 Å². The van der Waals surface area contributed by atoms with Crippen molar-refractivity contribution in [1.82, 2.24) is 10.6 Å². The van der Waals surface area contributed by atoms with Crippen LogP contribution < -0.4 is 15.4 Å². The van der Waals surface area contributed by atoms with Gasteiger partial charge in [-0.05, 0) is 55.7 Å². The van der Waals surface area contributed by atoms with Crippen molar-refractivity contribution in [3.63, 3.8) is 0 Å². The van der Waals surface area contributed by atoms with E-state index in [1.165, 1.54) is 12.1 Å². The molecule has 4 rings (SSSR count). The number of carbonyl (C=O) groups excluding carboxylic acids is 1. The van der Waals surface area contributed by atoms with Gasteiger partial charge in [0.25, 0.3) is 5.91 Å². The summed E-state index contributed by atoms with van der Waals surface area (Å²) in [7, 11) is 0. The van der Waals surface area contributed by atoms with Gasteiger partial charge in [0, 0.05) is 35.1 Å². The smallest absolute Gasteiger partial charge is 0.287 e. The van der Waals surface area contributed by atoms with Gasteiger partial charge in [0.15, 0.2) is 5.76 Å². The van der Waals surface area contributed by atoms with Crippen LogP contribution in [0.1, 0.15) is 29.8 Å². The first kappa shape index (κ1) is 22.9. The molecule has 1 heterocycles. The second kappa shape index (κ2) is 10.1. The highest BCUT2D eigenvalue weighted by molar-refractivity contribution is 6.31. The maximum absolute atomic E-state index is 13.4. The molecule has 2 aromatic carbocycles. The highest BCUT2D eigenvalue weighted by Crippen LogP contribution is 2.25. The van der Waals surface area contributed by atoms with E-state index >= 15 is 0 Å². The molecule has 0 bridgehead atoms. The van der Waals surface area contributed by atoms with E-state index in [4.69, 9.17) is 32.4 Å². The van der Waals surface area contributed by atoms with Crippen molar-refractivity contribution in [2.24, 2.45) is 0 Å². The van der Waals surface area contributed by atoms with E-state index in [1.807, 2.05) is 0 Å². The average molecular weight is 481 g/mol. The third-order valence-electron chi connectivity index (χ3n) is 5.45. The molecule has 0 aliphatic heterocycles. The highest BCUT2D eigenvalue weighted by atomic mass is 35.5. The summed E-state index contributed by atoms with van der Waals surface area (Å²) in [6.45, 7) is 0.350. The fraction of sp³-hybridized carbons (Fsp3) is 0.348. The van der Waals surface area contributed by atoms with Gasteiger partial charge in [0.1, 0.15) is 29.9 Å². The molecule has 0 spiro atoms. The third-order valence-corrected chi connectivity index (χ3v) is 5.99. The van der Waals surface area contributed by atoms with Gasteiger partial charge in [0.2, 0.25) is 0 Å². The Morgan fingerprint density at radius 2 is 2.00 bits per heavy atom. The van der Waals surface area contributed by atoms with E-state index in [0.29, 0.717) is 22.9 Å². The molecule has 0 radical (unpaired) electrons. The van der Waals surface area contributed by atoms with Crippen molar-refractivity contribution in [2.75, 3.05) is 13.2 Å². The quantitative estimate of drug-likeness (QED) is 0.440. The Kier molecular flexibility index (Phi) is 7.20. The van der Waals surface area contributed by atoms with Crippen molar-refractivity contribution in [1.29, 1.82) is 0 Å². The summed E-state index contributed by atoms with van der Waals surface area (Å²) >= 11 is 11.6. The van der Waals surface area contributed by atoms with Gasteiger partial charge in [-0.3, -0.25) is 4.79 Å². The number of aliphatic hydroxyl groups excluding tert-OH is 1. The zero-order valence-electron chi connectivity index (χ0n) is 17.1. The lowest BCUT2D eigenvalue weighted by molar-refractivity contribution is 0.0910. The summed E-state index contributed by atoms with van der Waals surface area (Å²) in [6.07, 6.45) is 1.68. The van der Waals surface area contributed by atoms with Crippen molar-refractivity contribution in [3.05, 3.63) is 64.1 Å². The number of aliphatic hydroxyl groups is 1. The maximum atomic E-state index is 13.4. The molecule has 1 amide bonds. The predicted molar refractivity (Wildman–Crippen MR) is 121 cm³/mol. The standard InChI is InChI=1S/C23H23Cl2FN2O4/c24-14-1-6-21-13(7-14)8-22(32-21)23(30)28-16-3-2-15(9-16)27-11-17(29)12-31-18-4-5-19(25)20(26)10-18/h1,4-8,10,15-17,27,29H,2-3,9,11-12H2,(H,28,30)/t15-,16?,17-/m0/s1. The molecule has 9 heteroatoms. The van der Waals surface area contributed by atoms with E-state index in [1.54, 1.807) is 30.3 Å². The number of nitrogens with one attached hydrogen (secondary N) is 2. The lowest BCUT2D eigenvalue weighted by Gasteiger charge is -2.17. The van der Waals surface area contributed by atoms with Gasteiger partial charge in [-0.1, -0.05) is 23.2 Å². The predicted octanol–water partition coefficient (Wildman–Crippen LogP) is 4.56. The first-order chi connectivity index (χ1) is 15.4. The lowest BCUT2D eigenvalue weighted by atomic mass is 10.2. The van der Waals surface area contributed by atoms with Crippen LogP contribution in [0, 0.1) is 5.82 Å².